The summed E-state index contributed by atoms with van der Waals surface area (Å²) in [6.45, 7) is 6.32. The van der Waals surface area contributed by atoms with Crippen molar-refractivity contribution in [2.75, 3.05) is 0 Å². The van der Waals surface area contributed by atoms with E-state index in [4.69, 9.17) is 37.6 Å². The third kappa shape index (κ3) is 13.6. The van der Waals surface area contributed by atoms with E-state index in [1.807, 2.05) is 78.9 Å². The number of para-hydroxylation sites is 5. The van der Waals surface area contributed by atoms with Gasteiger partial charge in [0.25, 0.3) is 0 Å². The molecule has 23 rings (SSSR count). The molecule has 0 aliphatic carbocycles. The van der Waals surface area contributed by atoms with Crippen LogP contribution in [0.2, 0.25) is 0 Å². The minimum absolute atomic E-state index is 0.612. The van der Waals surface area contributed by atoms with Crippen LogP contribution in [0.1, 0.15) is 23.8 Å². The molecule has 125 heavy (non-hydrogen) atoms. The van der Waals surface area contributed by atoms with E-state index >= 15 is 0 Å². The van der Waals surface area contributed by atoms with Crippen LogP contribution in [0.5, 0.6) is 0 Å². The van der Waals surface area contributed by atoms with Gasteiger partial charge in [-0.2, -0.15) is 0 Å². The van der Waals surface area contributed by atoms with Crippen LogP contribution < -0.4 is 0 Å². The molecule has 0 spiro atoms. The SMILES string of the molecule is C=Cc1oc2ccccc2c1/C=C(\C)c1cc(-c2ccc3oc4ccccc4c3c2)cc(-c2cc(-c3cccc(-c4ccc(-c5ccccc5)c(-c5ccc6c(c5)oc5c(-c7cc(-c8cc(-c9cccc(-c%10ccc(-c%11ccccc%11)cc%10)c9)nc(-c9ccccc9)n8)cc(-c8cccc9c8oc8ccccc89)c7)cccc56)c4)c3)nc(-c3ccccc3)n2)c1. The van der Waals surface area contributed by atoms with Gasteiger partial charge in [-0.1, -0.05) is 304 Å². The molecule has 586 valence electrons. The Morgan fingerprint density at radius 1 is 0.224 bits per heavy atom. The van der Waals surface area contributed by atoms with Gasteiger partial charge >= 0.3 is 0 Å². The van der Waals surface area contributed by atoms with E-state index in [1.165, 1.54) is 11.1 Å². The maximum Gasteiger partial charge on any atom is 0.160 e. The molecule has 0 saturated heterocycles. The highest BCUT2D eigenvalue weighted by Gasteiger charge is 2.24. The van der Waals surface area contributed by atoms with Gasteiger partial charge in [0.1, 0.15) is 44.8 Å². The van der Waals surface area contributed by atoms with Crippen molar-refractivity contribution >= 4 is 94.5 Å². The van der Waals surface area contributed by atoms with Gasteiger partial charge in [-0.3, -0.25) is 0 Å². The van der Waals surface area contributed by atoms with Crippen molar-refractivity contribution in [2.24, 2.45) is 0 Å². The number of hydrogen-bond donors (Lipinski definition) is 0. The zero-order chi connectivity index (χ0) is 83.0. The monoisotopic (exact) mass is 1600 g/mol. The van der Waals surface area contributed by atoms with Crippen molar-refractivity contribution in [3.8, 4) is 157 Å². The molecule has 0 N–H and O–H groups in total. The Hall–Kier alpha value is -16.7. The Morgan fingerprint density at radius 3 is 1.22 bits per heavy atom. The van der Waals surface area contributed by atoms with Gasteiger partial charge in [0.2, 0.25) is 0 Å². The van der Waals surface area contributed by atoms with Gasteiger partial charge in [0.15, 0.2) is 11.6 Å². The summed E-state index contributed by atoms with van der Waals surface area (Å²) in [5, 5.41) is 7.24. The van der Waals surface area contributed by atoms with E-state index in [9.17, 15) is 0 Å². The Kier molecular flexibility index (Phi) is 18.1. The summed E-state index contributed by atoms with van der Waals surface area (Å²) < 4.78 is 27.0. The Bertz CT molecular complexity index is 8240. The van der Waals surface area contributed by atoms with Crippen LogP contribution in [0.25, 0.3) is 251 Å². The predicted molar refractivity (Wildman–Crippen MR) is 515 cm³/mol. The Morgan fingerprint density at radius 2 is 0.608 bits per heavy atom. The molecule has 0 aliphatic heterocycles. The van der Waals surface area contributed by atoms with Crippen molar-refractivity contribution in [1.29, 1.82) is 0 Å². The topological polar surface area (TPSA) is 104 Å². The van der Waals surface area contributed by atoms with Crippen molar-refractivity contribution in [1.82, 2.24) is 19.9 Å². The van der Waals surface area contributed by atoms with Gasteiger partial charge in [0, 0.05) is 87.8 Å². The largest absolute Gasteiger partial charge is 0.456 e. The van der Waals surface area contributed by atoms with E-state index < -0.39 is 0 Å². The number of furan rings is 4. The minimum atomic E-state index is 0.612. The molecule has 23 aromatic rings. The molecule has 0 atom stereocenters. The minimum Gasteiger partial charge on any atom is -0.456 e. The number of rotatable bonds is 17. The average Bonchev–Trinajstić information content (AvgIpc) is 0.909. The molecule has 0 fully saturated rings. The average molecular weight is 1600 g/mol. The normalized spacial score (nSPS) is 11.8. The fourth-order valence-corrected chi connectivity index (χ4v) is 18.0. The lowest BCUT2D eigenvalue weighted by molar-refractivity contribution is 0.603. The highest BCUT2D eigenvalue weighted by atomic mass is 16.3. The lowest BCUT2D eigenvalue weighted by Crippen LogP contribution is -1.97. The first kappa shape index (κ1) is 73.5. The van der Waals surface area contributed by atoms with E-state index in [0.717, 1.165) is 233 Å². The second kappa shape index (κ2) is 30.8. The van der Waals surface area contributed by atoms with Crippen LogP contribution in [0.4, 0.5) is 0 Å². The quantitative estimate of drug-likeness (QED) is 0.0888. The molecule has 0 amide bonds. The van der Waals surface area contributed by atoms with E-state index in [0.29, 0.717) is 11.6 Å². The maximum atomic E-state index is 7.39. The number of fused-ring (bicyclic) bond motifs is 10. The molecule has 6 heterocycles. The summed E-state index contributed by atoms with van der Waals surface area (Å²) in [7, 11) is 0. The maximum absolute atomic E-state index is 7.39. The molecule has 0 aliphatic rings. The van der Waals surface area contributed by atoms with Crippen molar-refractivity contribution in [2.45, 2.75) is 6.92 Å². The second-order valence-electron chi connectivity index (χ2n) is 32.0. The molecule has 8 nitrogen and oxygen atoms in total. The van der Waals surface area contributed by atoms with E-state index in [2.05, 4.69) is 347 Å². The summed E-state index contributed by atoms with van der Waals surface area (Å²) in [6, 6.07) is 143. The number of aromatic nitrogens is 4. The summed E-state index contributed by atoms with van der Waals surface area (Å²) in [5.41, 5.74) is 34.1. The Labute approximate surface area is 721 Å². The van der Waals surface area contributed by atoms with Crippen molar-refractivity contribution in [3.05, 3.63) is 430 Å². The molecule has 0 saturated carbocycles. The molecule has 6 aromatic heterocycles. The first-order valence-electron chi connectivity index (χ1n) is 42.1. The van der Waals surface area contributed by atoms with Crippen LogP contribution in [0.3, 0.4) is 0 Å². The zero-order valence-electron chi connectivity index (χ0n) is 68.0. The van der Waals surface area contributed by atoms with Crippen LogP contribution in [-0.2, 0) is 0 Å². The summed E-state index contributed by atoms with van der Waals surface area (Å²) in [5.74, 6) is 1.95. The summed E-state index contributed by atoms with van der Waals surface area (Å²) in [4.78, 5) is 21.8. The van der Waals surface area contributed by atoms with Crippen LogP contribution in [0.15, 0.2) is 431 Å². The highest BCUT2D eigenvalue weighted by Crippen LogP contribution is 2.47. The van der Waals surface area contributed by atoms with Crippen LogP contribution in [-0.4, -0.2) is 19.9 Å². The number of allylic oxidation sites excluding steroid dienone is 1. The van der Waals surface area contributed by atoms with Crippen molar-refractivity contribution in [3.63, 3.8) is 0 Å². The standard InChI is InChI=1S/C117H74N4O4/c1-3-108-102(96-39-17-19-45-109(96)122-108)58-72(2)86-61-87(82-54-57-112-103(68-82)97-40-18-20-46-110(97)123-112)63-90(62-86)106-70-105(119-116(120-106)77-30-12-6-13-31-77)85-37-23-35-80(60-85)81-52-55-92(76-28-10-5-11-29-76)101(67-81)83-53-56-98-100-44-25-42-94(115(100)125-113(98)69-83)89-64-88(93-41-24-43-99-95-38-16-21-47-111(95)124-114(93)99)65-91(66-89)107-71-104(118-117(121-107)78-32-14-7-15-33-78)84-36-22-34-79(59-84)75-50-48-74(49-51-75)73-26-8-4-9-27-73/h3-71H,1H2,2H3/b72-58+. The lowest BCUT2D eigenvalue weighted by Gasteiger charge is -2.15. The predicted octanol–water partition coefficient (Wildman–Crippen LogP) is 32.3. The zero-order valence-corrected chi connectivity index (χ0v) is 68.0. The number of benzene rings is 17. The number of nitrogens with zero attached hydrogens (tertiary/aromatic N) is 4. The molecule has 0 bridgehead atoms. The first-order chi connectivity index (χ1) is 61.7. The third-order valence-electron chi connectivity index (χ3n) is 24.3. The van der Waals surface area contributed by atoms with Crippen LogP contribution >= 0.6 is 0 Å². The van der Waals surface area contributed by atoms with Gasteiger partial charge in [-0.05, 0) is 217 Å². The molecule has 17 aromatic carbocycles. The third-order valence-corrected chi connectivity index (χ3v) is 24.3. The van der Waals surface area contributed by atoms with Crippen LogP contribution in [0, 0.1) is 0 Å². The van der Waals surface area contributed by atoms with Gasteiger partial charge in [-0.25, -0.2) is 19.9 Å². The summed E-state index contributed by atoms with van der Waals surface area (Å²) in [6.07, 6.45) is 4.00. The highest BCUT2D eigenvalue weighted by molar-refractivity contribution is 6.13. The molecular formula is C117H74N4O4. The Balaban J connectivity index is 0.641. The second-order valence-corrected chi connectivity index (χ2v) is 32.0. The molecule has 0 unspecified atom stereocenters. The summed E-state index contributed by atoms with van der Waals surface area (Å²) >= 11 is 0. The van der Waals surface area contributed by atoms with Gasteiger partial charge < -0.3 is 17.7 Å². The van der Waals surface area contributed by atoms with Gasteiger partial charge in [0.05, 0.1) is 22.8 Å². The first-order valence-corrected chi connectivity index (χ1v) is 42.1. The fraction of sp³-hybridized carbons (Fsp3) is 0.00855. The molecule has 0 radical (unpaired) electrons. The number of hydrogen-bond acceptors (Lipinski definition) is 8. The molecule has 8 heteroatoms. The van der Waals surface area contributed by atoms with Gasteiger partial charge in [-0.15, -0.1) is 0 Å². The van der Waals surface area contributed by atoms with E-state index in [-0.39, 0.29) is 0 Å². The lowest BCUT2D eigenvalue weighted by atomic mass is 9.90. The molecular weight excluding hydrogens is 1530 g/mol. The smallest absolute Gasteiger partial charge is 0.160 e. The van der Waals surface area contributed by atoms with E-state index in [1.54, 1.807) is 6.08 Å². The van der Waals surface area contributed by atoms with Crippen molar-refractivity contribution < 1.29 is 17.7 Å². The fourth-order valence-electron chi connectivity index (χ4n) is 18.0.